The molecule has 0 spiro atoms. The van der Waals surface area contributed by atoms with Crippen molar-refractivity contribution in [3.8, 4) is 5.75 Å². The molecule has 2 atom stereocenters. The van der Waals surface area contributed by atoms with Gasteiger partial charge in [0.05, 0.1) is 13.0 Å². The summed E-state index contributed by atoms with van der Waals surface area (Å²) < 4.78 is 18.8. The predicted molar refractivity (Wildman–Crippen MR) is 97.5 cm³/mol. The number of likely N-dealkylation sites (tertiary alicyclic amines) is 1. The quantitative estimate of drug-likeness (QED) is 0.887. The number of benzene rings is 2. The minimum atomic E-state index is -0.419. The highest BCUT2D eigenvalue weighted by Crippen LogP contribution is 2.26. The lowest BCUT2D eigenvalue weighted by Crippen LogP contribution is -2.32. The van der Waals surface area contributed by atoms with Crippen LogP contribution in [0.25, 0.3) is 0 Å². The van der Waals surface area contributed by atoms with E-state index in [9.17, 15) is 9.18 Å². The summed E-state index contributed by atoms with van der Waals surface area (Å²) in [7, 11) is 0. The number of rotatable bonds is 5. The molecule has 1 aliphatic heterocycles. The number of nitrogens with zero attached hydrogens (tertiary/aromatic N) is 1. The molecule has 1 aliphatic rings. The molecular weight excluding hydrogens is 343 g/mol. The van der Waals surface area contributed by atoms with Crippen LogP contribution >= 0.6 is 12.4 Å². The van der Waals surface area contributed by atoms with Crippen LogP contribution < -0.4 is 10.5 Å². The SMILES string of the molecule is Cl.N[C@@H]1CN(C(=O)CCOc2ccccc2F)C[C@H]1c1ccccc1. The molecule has 0 aromatic heterocycles. The Hall–Kier alpha value is -2.11. The summed E-state index contributed by atoms with van der Waals surface area (Å²) in [5.41, 5.74) is 7.36. The van der Waals surface area contributed by atoms with Crippen molar-refractivity contribution in [1.29, 1.82) is 0 Å². The van der Waals surface area contributed by atoms with Gasteiger partial charge in [-0.25, -0.2) is 4.39 Å². The van der Waals surface area contributed by atoms with Crippen LogP contribution in [0.3, 0.4) is 0 Å². The molecule has 4 nitrogen and oxygen atoms in total. The van der Waals surface area contributed by atoms with Crippen molar-refractivity contribution in [1.82, 2.24) is 4.90 Å². The van der Waals surface area contributed by atoms with Gasteiger partial charge in [-0.2, -0.15) is 0 Å². The zero-order valence-corrected chi connectivity index (χ0v) is 14.6. The van der Waals surface area contributed by atoms with E-state index >= 15 is 0 Å². The van der Waals surface area contributed by atoms with Gasteiger partial charge in [0.2, 0.25) is 5.91 Å². The molecule has 1 amide bonds. The summed E-state index contributed by atoms with van der Waals surface area (Å²) >= 11 is 0. The van der Waals surface area contributed by atoms with Crippen molar-refractivity contribution in [3.63, 3.8) is 0 Å². The molecule has 0 bridgehead atoms. The Morgan fingerprint density at radius 1 is 1.12 bits per heavy atom. The van der Waals surface area contributed by atoms with Crippen LogP contribution in [0.4, 0.5) is 4.39 Å². The molecule has 1 saturated heterocycles. The van der Waals surface area contributed by atoms with Gasteiger partial charge in [-0.15, -0.1) is 12.4 Å². The first-order valence-corrected chi connectivity index (χ1v) is 8.11. The molecular formula is C19H22ClFN2O2. The van der Waals surface area contributed by atoms with Crippen LogP contribution in [0.2, 0.25) is 0 Å². The fourth-order valence-electron chi connectivity index (χ4n) is 3.05. The van der Waals surface area contributed by atoms with E-state index < -0.39 is 5.82 Å². The first kappa shape index (κ1) is 19.2. The molecule has 0 aliphatic carbocycles. The molecule has 0 radical (unpaired) electrons. The predicted octanol–water partition coefficient (Wildman–Crippen LogP) is 2.97. The van der Waals surface area contributed by atoms with Gasteiger partial charge in [-0.05, 0) is 17.7 Å². The molecule has 3 rings (SSSR count). The average molecular weight is 365 g/mol. The highest BCUT2D eigenvalue weighted by Gasteiger charge is 2.33. The maximum absolute atomic E-state index is 13.5. The number of nitrogens with two attached hydrogens (primary N) is 1. The van der Waals surface area contributed by atoms with Crippen molar-refractivity contribution >= 4 is 18.3 Å². The molecule has 0 saturated carbocycles. The van der Waals surface area contributed by atoms with E-state index in [1.165, 1.54) is 6.07 Å². The number of halogens is 2. The van der Waals surface area contributed by atoms with Crippen LogP contribution in [0.1, 0.15) is 17.9 Å². The summed E-state index contributed by atoms with van der Waals surface area (Å²) in [6.45, 7) is 1.31. The Kier molecular flexibility index (Phi) is 6.79. The number of para-hydroxylation sites is 1. The monoisotopic (exact) mass is 364 g/mol. The number of amides is 1. The first-order valence-electron chi connectivity index (χ1n) is 8.11. The fraction of sp³-hybridized carbons (Fsp3) is 0.316. The molecule has 134 valence electrons. The zero-order chi connectivity index (χ0) is 16.9. The minimum absolute atomic E-state index is 0. The van der Waals surface area contributed by atoms with Gasteiger partial charge in [-0.3, -0.25) is 4.79 Å². The van der Waals surface area contributed by atoms with Crippen molar-refractivity contribution < 1.29 is 13.9 Å². The Morgan fingerprint density at radius 2 is 1.80 bits per heavy atom. The second-order valence-corrected chi connectivity index (χ2v) is 6.01. The summed E-state index contributed by atoms with van der Waals surface area (Å²) in [5, 5.41) is 0. The summed E-state index contributed by atoms with van der Waals surface area (Å²) in [6, 6.07) is 16.1. The Morgan fingerprint density at radius 3 is 2.52 bits per heavy atom. The highest BCUT2D eigenvalue weighted by atomic mass is 35.5. The van der Waals surface area contributed by atoms with Gasteiger partial charge < -0.3 is 15.4 Å². The van der Waals surface area contributed by atoms with E-state index in [1.54, 1.807) is 23.1 Å². The number of hydrogen-bond acceptors (Lipinski definition) is 3. The lowest BCUT2D eigenvalue weighted by molar-refractivity contribution is -0.130. The Balaban J connectivity index is 0.00000225. The van der Waals surface area contributed by atoms with E-state index in [1.807, 2.05) is 30.3 Å². The Labute approximate surface area is 153 Å². The normalized spacial score (nSPS) is 19.4. The second kappa shape index (κ2) is 8.83. The van der Waals surface area contributed by atoms with E-state index in [2.05, 4.69) is 0 Å². The maximum atomic E-state index is 13.5. The number of ether oxygens (including phenoxy) is 1. The lowest BCUT2D eigenvalue weighted by Gasteiger charge is -2.17. The molecule has 2 aromatic carbocycles. The molecule has 2 N–H and O–H groups in total. The summed E-state index contributed by atoms with van der Waals surface area (Å²) in [4.78, 5) is 14.1. The second-order valence-electron chi connectivity index (χ2n) is 6.01. The van der Waals surface area contributed by atoms with E-state index in [0.29, 0.717) is 13.1 Å². The molecule has 1 heterocycles. The van der Waals surface area contributed by atoms with Gasteiger partial charge >= 0.3 is 0 Å². The van der Waals surface area contributed by atoms with Crippen molar-refractivity contribution in [2.45, 2.75) is 18.4 Å². The molecule has 0 unspecified atom stereocenters. The summed E-state index contributed by atoms with van der Waals surface area (Å²) in [6.07, 6.45) is 0.211. The van der Waals surface area contributed by atoms with Gasteiger partial charge in [0, 0.05) is 25.0 Å². The van der Waals surface area contributed by atoms with Gasteiger partial charge in [0.15, 0.2) is 11.6 Å². The van der Waals surface area contributed by atoms with Gasteiger partial charge in [0.25, 0.3) is 0 Å². The van der Waals surface area contributed by atoms with Gasteiger partial charge in [-0.1, -0.05) is 42.5 Å². The van der Waals surface area contributed by atoms with Crippen LogP contribution in [0, 0.1) is 5.82 Å². The van der Waals surface area contributed by atoms with Crippen LogP contribution in [0.5, 0.6) is 5.75 Å². The fourth-order valence-corrected chi connectivity index (χ4v) is 3.05. The van der Waals surface area contributed by atoms with Crippen molar-refractivity contribution in [2.24, 2.45) is 5.73 Å². The van der Waals surface area contributed by atoms with Crippen LogP contribution in [0.15, 0.2) is 54.6 Å². The highest BCUT2D eigenvalue weighted by molar-refractivity contribution is 5.85. The zero-order valence-electron chi connectivity index (χ0n) is 13.8. The third-order valence-electron chi connectivity index (χ3n) is 4.36. The molecule has 2 aromatic rings. The third-order valence-corrected chi connectivity index (χ3v) is 4.36. The Bertz CT molecular complexity index is 699. The third kappa shape index (κ3) is 4.71. The molecule has 25 heavy (non-hydrogen) atoms. The largest absolute Gasteiger partial charge is 0.490 e. The average Bonchev–Trinajstić information content (AvgIpc) is 2.99. The number of carbonyl (C=O) groups excluding carboxylic acids is 1. The van der Waals surface area contributed by atoms with E-state index in [-0.39, 0.29) is 49.1 Å². The topological polar surface area (TPSA) is 55.6 Å². The molecule has 6 heteroatoms. The first-order chi connectivity index (χ1) is 11.6. The number of hydrogen-bond donors (Lipinski definition) is 1. The smallest absolute Gasteiger partial charge is 0.226 e. The number of carbonyl (C=O) groups is 1. The van der Waals surface area contributed by atoms with Crippen molar-refractivity contribution in [2.75, 3.05) is 19.7 Å². The standard InChI is InChI=1S/C19H21FN2O2.ClH/c20-16-8-4-5-9-18(16)24-11-10-19(23)22-12-15(17(21)13-22)14-6-2-1-3-7-14;/h1-9,15,17H,10-13,21H2;1H/t15-,17+;/m0./s1. The maximum Gasteiger partial charge on any atom is 0.226 e. The van der Waals surface area contributed by atoms with Gasteiger partial charge in [0.1, 0.15) is 0 Å². The summed E-state index contributed by atoms with van der Waals surface area (Å²) in [5.74, 6) is -0.106. The molecule has 1 fully saturated rings. The van der Waals surface area contributed by atoms with Crippen molar-refractivity contribution in [3.05, 3.63) is 66.0 Å². The minimum Gasteiger partial charge on any atom is -0.490 e. The van der Waals surface area contributed by atoms with E-state index in [0.717, 1.165) is 5.56 Å². The van der Waals surface area contributed by atoms with Crippen LogP contribution in [-0.4, -0.2) is 36.5 Å². The van der Waals surface area contributed by atoms with E-state index in [4.69, 9.17) is 10.5 Å². The lowest BCUT2D eigenvalue weighted by atomic mass is 9.95. The van der Waals surface area contributed by atoms with Crippen LogP contribution in [-0.2, 0) is 4.79 Å².